The van der Waals surface area contributed by atoms with Gasteiger partial charge in [-0.05, 0) is 24.9 Å². The maximum absolute atomic E-state index is 9.44. The van der Waals surface area contributed by atoms with E-state index in [1.165, 1.54) is 12.0 Å². The fourth-order valence-corrected chi connectivity index (χ4v) is 2.63. The van der Waals surface area contributed by atoms with Crippen molar-refractivity contribution in [2.75, 3.05) is 20.3 Å². The van der Waals surface area contributed by atoms with Crippen LogP contribution in [-0.4, -0.2) is 36.3 Å². The van der Waals surface area contributed by atoms with E-state index in [9.17, 15) is 5.11 Å². The molecule has 1 heterocycles. The van der Waals surface area contributed by atoms with E-state index in [0.717, 1.165) is 18.8 Å². The molecule has 0 bridgehead atoms. The normalized spacial score (nSPS) is 25.1. The first-order chi connectivity index (χ1) is 8.26. The van der Waals surface area contributed by atoms with Crippen LogP contribution in [-0.2, 0) is 6.54 Å². The minimum atomic E-state index is 0.246. The molecule has 0 saturated carbocycles. The maximum Gasteiger partial charge on any atom is 0.123 e. The smallest absolute Gasteiger partial charge is 0.123 e. The van der Waals surface area contributed by atoms with Gasteiger partial charge in [0.25, 0.3) is 0 Å². The van der Waals surface area contributed by atoms with E-state index in [4.69, 9.17) is 4.74 Å². The van der Waals surface area contributed by atoms with Crippen LogP contribution in [0.4, 0.5) is 0 Å². The van der Waals surface area contributed by atoms with E-state index in [1.54, 1.807) is 7.11 Å². The highest BCUT2D eigenvalue weighted by molar-refractivity contribution is 5.33. The predicted octanol–water partition coefficient (Wildman–Crippen LogP) is 1.90. The highest BCUT2D eigenvalue weighted by atomic mass is 16.5. The molecular weight excluding hydrogens is 214 g/mol. The largest absolute Gasteiger partial charge is 0.496 e. The topological polar surface area (TPSA) is 32.7 Å². The standard InChI is InChI=1S/C14H21NO2/c1-11-7-8-15(13(11)10-16)9-12-5-3-4-6-14(12)17-2/h3-6,11,13,16H,7-10H2,1-2H3. The highest BCUT2D eigenvalue weighted by Crippen LogP contribution is 2.27. The molecule has 0 aliphatic carbocycles. The summed E-state index contributed by atoms with van der Waals surface area (Å²) in [6.45, 7) is 4.38. The molecule has 0 amide bonds. The summed E-state index contributed by atoms with van der Waals surface area (Å²) < 4.78 is 5.36. The van der Waals surface area contributed by atoms with Gasteiger partial charge >= 0.3 is 0 Å². The quantitative estimate of drug-likeness (QED) is 0.865. The average Bonchev–Trinajstić information content (AvgIpc) is 2.70. The number of aliphatic hydroxyl groups excluding tert-OH is 1. The summed E-state index contributed by atoms with van der Waals surface area (Å²) in [6.07, 6.45) is 1.17. The molecule has 94 valence electrons. The zero-order valence-electron chi connectivity index (χ0n) is 10.6. The molecule has 2 atom stereocenters. The second-order valence-corrected chi connectivity index (χ2v) is 4.80. The summed E-state index contributed by atoms with van der Waals surface area (Å²) in [5.74, 6) is 1.51. The number of hydrogen-bond acceptors (Lipinski definition) is 3. The van der Waals surface area contributed by atoms with Crippen LogP contribution in [0.1, 0.15) is 18.9 Å². The number of benzene rings is 1. The van der Waals surface area contributed by atoms with Crippen LogP contribution >= 0.6 is 0 Å². The van der Waals surface area contributed by atoms with Gasteiger partial charge in [0.2, 0.25) is 0 Å². The van der Waals surface area contributed by atoms with Crippen LogP contribution in [0.5, 0.6) is 5.75 Å². The Morgan fingerprint density at radius 1 is 1.41 bits per heavy atom. The van der Waals surface area contributed by atoms with Gasteiger partial charge in [0.1, 0.15) is 5.75 Å². The summed E-state index contributed by atoms with van der Waals surface area (Å²) in [6, 6.07) is 8.39. The lowest BCUT2D eigenvalue weighted by atomic mass is 10.0. The van der Waals surface area contributed by atoms with Gasteiger partial charge in [-0.1, -0.05) is 25.1 Å². The number of para-hydroxylation sites is 1. The van der Waals surface area contributed by atoms with Crippen LogP contribution in [0.25, 0.3) is 0 Å². The van der Waals surface area contributed by atoms with Crippen LogP contribution in [0.3, 0.4) is 0 Å². The van der Waals surface area contributed by atoms with Crippen LogP contribution < -0.4 is 4.74 Å². The van der Waals surface area contributed by atoms with E-state index >= 15 is 0 Å². The third kappa shape index (κ3) is 2.61. The Balaban J connectivity index is 2.10. The second-order valence-electron chi connectivity index (χ2n) is 4.80. The van der Waals surface area contributed by atoms with Crippen LogP contribution in [0.15, 0.2) is 24.3 Å². The Morgan fingerprint density at radius 2 is 2.18 bits per heavy atom. The number of rotatable bonds is 4. The maximum atomic E-state index is 9.44. The van der Waals surface area contributed by atoms with Crippen molar-refractivity contribution in [1.82, 2.24) is 4.90 Å². The Hall–Kier alpha value is -1.06. The van der Waals surface area contributed by atoms with Gasteiger partial charge < -0.3 is 9.84 Å². The average molecular weight is 235 g/mol. The van der Waals surface area contributed by atoms with E-state index in [1.807, 2.05) is 18.2 Å². The number of methoxy groups -OCH3 is 1. The van der Waals surface area contributed by atoms with E-state index in [2.05, 4.69) is 17.9 Å². The molecule has 3 nitrogen and oxygen atoms in total. The Kier molecular flexibility index (Phi) is 4.02. The molecule has 0 aromatic heterocycles. The van der Waals surface area contributed by atoms with Gasteiger partial charge in [0.05, 0.1) is 13.7 Å². The number of likely N-dealkylation sites (tertiary alicyclic amines) is 1. The molecule has 0 radical (unpaired) electrons. The van der Waals surface area contributed by atoms with Gasteiger partial charge in [-0.15, -0.1) is 0 Å². The number of hydrogen-bond donors (Lipinski definition) is 1. The Morgan fingerprint density at radius 3 is 2.88 bits per heavy atom. The van der Waals surface area contributed by atoms with Crippen molar-refractivity contribution in [3.8, 4) is 5.75 Å². The van der Waals surface area contributed by atoms with Crippen LogP contribution in [0, 0.1) is 5.92 Å². The van der Waals surface area contributed by atoms with Gasteiger partial charge in [0.15, 0.2) is 0 Å². The van der Waals surface area contributed by atoms with Crippen molar-refractivity contribution >= 4 is 0 Å². The fourth-order valence-electron chi connectivity index (χ4n) is 2.63. The first-order valence-electron chi connectivity index (χ1n) is 6.23. The molecule has 1 aliphatic rings. The van der Waals surface area contributed by atoms with E-state index in [-0.39, 0.29) is 6.61 Å². The molecular formula is C14H21NO2. The number of nitrogens with zero attached hydrogens (tertiary/aromatic N) is 1. The first kappa shape index (κ1) is 12.4. The molecule has 1 fully saturated rings. The van der Waals surface area contributed by atoms with E-state index in [0.29, 0.717) is 12.0 Å². The minimum absolute atomic E-state index is 0.246. The summed E-state index contributed by atoms with van der Waals surface area (Å²) in [5.41, 5.74) is 1.20. The highest BCUT2D eigenvalue weighted by Gasteiger charge is 2.30. The second kappa shape index (κ2) is 5.52. The zero-order valence-corrected chi connectivity index (χ0v) is 10.6. The van der Waals surface area contributed by atoms with Crippen molar-refractivity contribution in [1.29, 1.82) is 0 Å². The first-order valence-corrected chi connectivity index (χ1v) is 6.23. The lowest BCUT2D eigenvalue weighted by Gasteiger charge is -2.25. The summed E-state index contributed by atoms with van der Waals surface area (Å²) >= 11 is 0. The summed E-state index contributed by atoms with van der Waals surface area (Å²) in [5, 5.41) is 9.44. The third-order valence-corrected chi connectivity index (χ3v) is 3.75. The molecule has 0 spiro atoms. The molecule has 1 aromatic carbocycles. The van der Waals surface area contributed by atoms with Gasteiger partial charge in [-0.25, -0.2) is 0 Å². The van der Waals surface area contributed by atoms with Crippen molar-refractivity contribution in [2.24, 2.45) is 5.92 Å². The SMILES string of the molecule is COc1ccccc1CN1CCC(C)C1CO. The number of aliphatic hydroxyl groups is 1. The lowest BCUT2D eigenvalue weighted by Crippen LogP contribution is -2.34. The van der Waals surface area contributed by atoms with Gasteiger partial charge in [-0.2, -0.15) is 0 Å². The molecule has 1 N–H and O–H groups in total. The Labute approximate surface area is 103 Å². The molecule has 3 heteroatoms. The van der Waals surface area contributed by atoms with Crippen LogP contribution in [0.2, 0.25) is 0 Å². The van der Waals surface area contributed by atoms with Crippen molar-refractivity contribution in [3.63, 3.8) is 0 Å². The minimum Gasteiger partial charge on any atom is -0.496 e. The molecule has 2 rings (SSSR count). The zero-order chi connectivity index (χ0) is 12.3. The van der Waals surface area contributed by atoms with Crippen molar-refractivity contribution < 1.29 is 9.84 Å². The fraction of sp³-hybridized carbons (Fsp3) is 0.571. The third-order valence-electron chi connectivity index (χ3n) is 3.75. The molecule has 1 aromatic rings. The van der Waals surface area contributed by atoms with Gasteiger partial charge in [-0.3, -0.25) is 4.90 Å². The monoisotopic (exact) mass is 235 g/mol. The number of ether oxygens (including phenoxy) is 1. The lowest BCUT2D eigenvalue weighted by molar-refractivity contribution is 0.133. The molecule has 17 heavy (non-hydrogen) atoms. The Bertz CT molecular complexity index is 367. The summed E-state index contributed by atoms with van der Waals surface area (Å²) in [4.78, 5) is 2.35. The molecule has 1 saturated heterocycles. The van der Waals surface area contributed by atoms with Gasteiger partial charge in [0, 0.05) is 18.2 Å². The van der Waals surface area contributed by atoms with E-state index < -0.39 is 0 Å². The molecule has 1 aliphatic heterocycles. The summed E-state index contributed by atoms with van der Waals surface area (Å²) in [7, 11) is 1.70. The van der Waals surface area contributed by atoms with Crippen molar-refractivity contribution in [3.05, 3.63) is 29.8 Å². The molecule has 2 unspecified atom stereocenters. The predicted molar refractivity (Wildman–Crippen MR) is 68.1 cm³/mol. The van der Waals surface area contributed by atoms with Crippen molar-refractivity contribution in [2.45, 2.75) is 25.9 Å².